The van der Waals surface area contributed by atoms with Gasteiger partial charge in [-0.2, -0.15) is 0 Å². The zero-order chi connectivity index (χ0) is 51.7. The second-order valence-electron chi connectivity index (χ2n) is 19.4. The van der Waals surface area contributed by atoms with E-state index in [1.165, 1.54) is 37.9 Å². The topological polar surface area (TPSA) is 317 Å². The van der Waals surface area contributed by atoms with Crippen LogP contribution in [0.15, 0.2) is 25.3 Å². The maximum Gasteiger partial charge on any atom is 0.411 e. The Morgan fingerprint density at radius 1 is 0.736 bits per heavy atom. The lowest BCUT2D eigenvalue weighted by Gasteiger charge is -2.31. The second kappa shape index (κ2) is 19.8. The number of ether oxygens (including phenoxy) is 5. The van der Waals surface area contributed by atoms with E-state index in [1.807, 2.05) is 0 Å². The van der Waals surface area contributed by atoms with E-state index in [0.29, 0.717) is 25.8 Å². The number of carbonyl (C=O) groups is 4. The first-order valence-corrected chi connectivity index (χ1v) is 28.1. The third-order valence-corrected chi connectivity index (χ3v) is 15.2. The number of esters is 1. The maximum atomic E-state index is 16.9. The first-order chi connectivity index (χ1) is 33.9. The molecule has 1 unspecified atom stereocenters. The molecule has 72 heavy (non-hydrogen) atoms. The van der Waals surface area contributed by atoms with Crippen LogP contribution in [0.2, 0.25) is 0 Å². The molecule has 0 aromatic carbocycles. The average Bonchev–Trinajstić information content (AvgIpc) is 4.15. The summed E-state index contributed by atoms with van der Waals surface area (Å²) in [4.78, 5) is 81.8. The van der Waals surface area contributed by atoms with Gasteiger partial charge in [0.25, 0.3) is 0 Å². The summed E-state index contributed by atoms with van der Waals surface area (Å²) in [6, 6.07) is -2.00. The molecular formula is C40H53FN12O15P2S2. The van der Waals surface area contributed by atoms with Crippen LogP contribution in [0.4, 0.5) is 25.6 Å². The van der Waals surface area contributed by atoms with Crippen molar-refractivity contribution in [2.45, 2.75) is 140 Å². The number of hydrogen-bond acceptors (Lipinski definition) is 22. The normalized spacial score (nSPS) is 32.5. The number of aromatic nitrogens is 8. The number of rotatable bonds is 6. The number of carbonyl (C=O) groups excluding carboxylic acids is 4. The second-order valence-corrected chi connectivity index (χ2v) is 25.2. The number of anilines is 2. The summed E-state index contributed by atoms with van der Waals surface area (Å²) in [7, 11) is 0. The maximum absolute atomic E-state index is 16.9. The van der Waals surface area contributed by atoms with Gasteiger partial charge in [0.1, 0.15) is 65.9 Å². The van der Waals surface area contributed by atoms with E-state index in [9.17, 15) is 28.3 Å². The predicted molar refractivity (Wildman–Crippen MR) is 253 cm³/mol. The van der Waals surface area contributed by atoms with Gasteiger partial charge in [-0.3, -0.25) is 41.8 Å². The highest BCUT2D eigenvalue weighted by Gasteiger charge is 2.56. The fourth-order valence-electron chi connectivity index (χ4n) is 8.93. The fraction of sp³-hybridized carbons (Fsp3) is 0.650. The van der Waals surface area contributed by atoms with Crippen molar-refractivity contribution in [3.8, 4) is 0 Å². The molecule has 3 N–H and O–H groups in total. The molecule has 3 amide bonds. The lowest BCUT2D eigenvalue weighted by atomic mass is 10.1. The van der Waals surface area contributed by atoms with E-state index in [1.54, 1.807) is 41.5 Å². The lowest BCUT2D eigenvalue weighted by Crippen LogP contribution is -2.47. The van der Waals surface area contributed by atoms with E-state index in [0.717, 1.165) is 6.33 Å². The van der Waals surface area contributed by atoms with Crippen LogP contribution < -0.4 is 11.1 Å². The van der Waals surface area contributed by atoms with Crippen LogP contribution in [-0.4, -0.2) is 159 Å². The Morgan fingerprint density at radius 3 is 1.88 bits per heavy atom. The van der Waals surface area contributed by atoms with Gasteiger partial charge in [0, 0.05) is 13.1 Å². The summed E-state index contributed by atoms with van der Waals surface area (Å²) in [5.74, 6) is -1.52. The van der Waals surface area contributed by atoms with Gasteiger partial charge in [-0.05, 0) is 67.2 Å². The standard InChI is InChI=1S/C40H53FN12O15P2S2/c1-39(2,3)65-37(56)50-11-7-9-19(50)33(54)49-30-25-32(46-16-44-30)52(18-48-25)34-23(41)26-21(62-34)13-60-70(59,72)68-27-22(14-61-69(58,71)67-26)63-35(53-17-47-24-29(42)43-15-45-31(24)53)28(27)64-36(55)20-10-8-12-51(20)38(57)66-40(4,5)6/h15-23,26-28,34-35H,7-14H2,1-6H3,(H,58,71)(H,59,72)(H2,42,43,45)(H,44,46,49,54)/t19-,20-,21-,22?,23-,26-,27-,28-,34-,35-,69+,70-/m1/s1. The summed E-state index contributed by atoms with van der Waals surface area (Å²) in [5, 5.41) is 2.69. The number of thiol groups is 2. The largest absolute Gasteiger partial charge is 0.453 e. The van der Waals surface area contributed by atoms with Crippen LogP contribution in [0.25, 0.3) is 22.3 Å². The predicted octanol–water partition coefficient (Wildman–Crippen LogP) is 4.92. The van der Waals surface area contributed by atoms with E-state index in [2.05, 4.69) is 59.7 Å². The van der Waals surface area contributed by atoms with E-state index in [4.69, 9.17) is 47.5 Å². The van der Waals surface area contributed by atoms with Gasteiger partial charge in [0.15, 0.2) is 53.2 Å². The van der Waals surface area contributed by atoms with Crippen molar-refractivity contribution in [1.82, 2.24) is 48.8 Å². The minimum atomic E-state index is -4.64. The van der Waals surface area contributed by atoms with Crippen molar-refractivity contribution in [3.63, 3.8) is 0 Å². The molecule has 0 bridgehead atoms. The van der Waals surface area contributed by atoms with E-state index in [-0.39, 0.29) is 46.9 Å². The third kappa shape index (κ3) is 10.9. The Morgan fingerprint density at radius 2 is 1.25 bits per heavy atom. The van der Waals surface area contributed by atoms with Crippen molar-refractivity contribution >= 4 is 96.1 Å². The Labute approximate surface area is 420 Å². The molecule has 9 rings (SSSR count). The smallest absolute Gasteiger partial charge is 0.411 e. The molecule has 5 aliphatic rings. The number of amides is 3. The fourth-order valence-corrected chi connectivity index (χ4v) is 11.9. The Balaban J connectivity index is 0.965. The quantitative estimate of drug-likeness (QED) is 0.0861. The molecule has 0 aliphatic carbocycles. The highest BCUT2D eigenvalue weighted by atomic mass is 32.7. The van der Waals surface area contributed by atoms with Crippen LogP contribution in [0.3, 0.4) is 0 Å². The van der Waals surface area contributed by atoms with Crippen LogP contribution in [0.5, 0.6) is 0 Å². The summed E-state index contributed by atoms with van der Waals surface area (Å²) in [6.07, 6.45) is -8.27. The van der Waals surface area contributed by atoms with Crippen LogP contribution in [-0.2, 0) is 60.5 Å². The molecule has 27 nitrogen and oxygen atoms in total. The van der Waals surface area contributed by atoms with Gasteiger partial charge in [0.2, 0.25) is 5.91 Å². The summed E-state index contributed by atoms with van der Waals surface area (Å²) < 4.78 is 101. The highest BCUT2D eigenvalue weighted by Crippen LogP contribution is 2.61. The molecular weight excluding hydrogens is 1030 g/mol. The SMILES string of the molecule is CC(C)(C)OC(=O)N1CCC[C@@H]1C(=O)Nc1ncnc2c1ncn2[C@@H]1O[C@@H]2CO[P@@](=O)(S)O[C@@H]3C(CO[P@](=O)(S)O[C@H]2[C@H]1F)O[C@@H](n1cnc2c(N)ncnc21)[C@@H]3OC(=O)[C@H]1CCCN1C(=O)OC(C)(C)C. The molecule has 4 aromatic heterocycles. The van der Waals surface area contributed by atoms with Gasteiger partial charge in [-0.25, -0.2) is 57.8 Å². The zero-order valence-electron chi connectivity index (χ0n) is 39.6. The van der Waals surface area contributed by atoms with E-state index < -0.39 is 123 Å². The number of nitrogens with two attached hydrogens (primary N) is 1. The number of nitrogens with zero attached hydrogens (tertiary/aromatic N) is 10. The monoisotopic (exact) mass is 1090 g/mol. The molecule has 9 heterocycles. The molecule has 12 atom stereocenters. The first kappa shape index (κ1) is 52.1. The van der Waals surface area contributed by atoms with E-state index >= 15 is 4.39 Å². The van der Waals surface area contributed by atoms with Crippen molar-refractivity contribution in [2.75, 3.05) is 37.4 Å². The molecule has 5 aliphatic heterocycles. The van der Waals surface area contributed by atoms with Gasteiger partial charge < -0.3 is 34.7 Å². The number of likely N-dealkylation sites (tertiary alicyclic amines) is 2. The third-order valence-electron chi connectivity index (χ3n) is 12.0. The van der Waals surface area contributed by atoms with Crippen molar-refractivity contribution in [3.05, 3.63) is 25.3 Å². The number of halogens is 1. The van der Waals surface area contributed by atoms with Crippen molar-refractivity contribution < 1.29 is 74.5 Å². The van der Waals surface area contributed by atoms with Crippen molar-refractivity contribution in [2.24, 2.45) is 0 Å². The van der Waals surface area contributed by atoms with Gasteiger partial charge >= 0.3 is 31.8 Å². The van der Waals surface area contributed by atoms with Crippen LogP contribution >= 0.6 is 38.1 Å². The number of alkyl halides is 1. The van der Waals surface area contributed by atoms with Gasteiger partial charge in [0.05, 0.1) is 25.9 Å². The number of fused-ring (bicyclic) bond motifs is 4. The van der Waals surface area contributed by atoms with Gasteiger partial charge in [-0.1, -0.05) is 24.5 Å². The van der Waals surface area contributed by atoms with Gasteiger partial charge in [-0.15, -0.1) is 0 Å². The molecule has 4 aromatic rings. The Kier molecular flexibility index (Phi) is 14.3. The van der Waals surface area contributed by atoms with Crippen molar-refractivity contribution in [1.29, 1.82) is 0 Å². The summed E-state index contributed by atoms with van der Waals surface area (Å²) in [5.41, 5.74) is 4.69. The number of nitrogen functional groups attached to an aromatic ring is 1. The number of imidazole rings is 2. The molecule has 32 heteroatoms. The highest BCUT2D eigenvalue weighted by molar-refractivity contribution is 8.44. The minimum Gasteiger partial charge on any atom is -0.453 e. The van der Waals surface area contributed by atoms with Crippen LogP contribution in [0.1, 0.15) is 79.7 Å². The summed E-state index contributed by atoms with van der Waals surface area (Å²) in [6.45, 7) is -0.0895. The summed E-state index contributed by atoms with van der Waals surface area (Å²) >= 11 is 8.43. The Hall–Kier alpha value is -4.77. The molecule has 5 saturated heterocycles. The minimum absolute atomic E-state index is 0.00906. The molecule has 392 valence electrons. The zero-order valence-corrected chi connectivity index (χ0v) is 43.2. The number of nitrogens with one attached hydrogen (secondary N) is 1. The molecule has 5 fully saturated rings. The lowest BCUT2D eigenvalue weighted by molar-refractivity contribution is -0.163. The first-order valence-electron chi connectivity index (χ1n) is 22.7. The average molecular weight is 1090 g/mol. The Bertz CT molecular complexity index is 2850. The number of hydrogen-bond donors (Lipinski definition) is 4. The molecule has 0 radical (unpaired) electrons. The van der Waals surface area contributed by atoms with Crippen LogP contribution in [0, 0.1) is 0 Å². The molecule has 0 saturated carbocycles. The molecule has 0 spiro atoms.